The largest absolute Gasteiger partial charge is 0.481 e. The molecule has 1 fully saturated rings. The van der Waals surface area contributed by atoms with Gasteiger partial charge < -0.3 is 20.6 Å². The van der Waals surface area contributed by atoms with Gasteiger partial charge in [-0.15, -0.1) is 0 Å². The van der Waals surface area contributed by atoms with Crippen LogP contribution >= 0.6 is 0 Å². The number of urea groups is 1. The molecule has 7 nitrogen and oxygen atoms in total. The van der Waals surface area contributed by atoms with Gasteiger partial charge in [0.05, 0.1) is 6.42 Å². The zero-order chi connectivity index (χ0) is 26.2. The standard InChI is InChI=1S/C30H35N3O4/c1-21(23-7-3-2-4-8-23)33(30(37)32-27-16-15-24-9-5-6-10-26(24)19-27)20-22-11-13-25(14-12-22)29(36)31-18-17-28(34)35/h5-6,9-16,19,21,23H,2-4,7-8,17-18,20H2,1H3,(H,31,36)(H,32,37)(H,34,35)/t21-/m1/s1. The number of anilines is 1. The molecule has 194 valence electrons. The van der Waals surface area contributed by atoms with Crippen molar-refractivity contribution in [2.24, 2.45) is 5.92 Å². The SMILES string of the molecule is C[C@H](C1CCCCC1)N(Cc1ccc(C(=O)NCCC(=O)O)cc1)C(=O)Nc1ccc2ccccc2c1. The Kier molecular flexibility index (Phi) is 8.77. The lowest BCUT2D eigenvalue weighted by molar-refractivity contribution is -0.136. The second kappa shape index (κ2) is 12.4. The number of carbonyl (C=O) groups is 3. The lowest BCUT2D eigenvalue weighted by Crippen LogP contribution is -2.45. The number of benzene rings is 3. The Morgan fingerprint density at radius 1 is 0.946 bits per heavy atom. The summed E-state index contributed by atoms with van der Waals surface area (Å²) in [5, 5.41) is 16.7. The van der Waals surface area contributed by atoms with Crippen LogP contribution in [0, 0.1) is 5.92 Å². The number of rotatable bonds is 9. The molecule has 37 heavy (non-hydrogen) atoms. The molecule has 0 aliphatic heterocycles. The first-order chi connectivity index (χ1) is 17.9. The molecule has 7 heteroatoms. The predicted molar refractivity (Wildman–Crippen MR) is 146 cm³/mol. The second-order valence-corrected chi connectivity index (χ2v) is 9.86. The third-order valence-corrected chi connectivity index (χ3v) is 7.28. The number of carboxylic acids is 1. The average molecular weight is 502 g/mol. The molecule has 0 heterocycles. The highest BCUT2D eigenvalue weighted by Gasteiger charge is 2.29. The molecule has 0 spiro atoms. The van der Waals surface area contributed by atoms with E-state index in [9.17, 15) is 14.4 Å². The van der Waals surface area contributed by atoms with Crippen molar-refractivity contribution in [3.05, 3.63) is 77.9 Å². The van der Waals surface area contributed by atoms with E-state index >= 15 is 0 Å². The van der Waals surface area contributed by atoms with E-state index in [0.717, 1.165) is 34.9 Å². The Morgan fingerprint density at radius 3 is 2.35 bits per heavy atom. The van der Waals surface area contributed by atoms with Crippen molar-refractivity contribution in [3.8, 4) is 0 Å². The number of hydrogen-bond acceptors (Lipinski definition) is 3. The molecule has 0 unspecified atom stereocenters. The number of aliphatic carboxylic acids is 1. The van der Waals surface area contributed by atoms with Gasteiger partial charge in [-0.2, -0.15) is 0 Å². The topological polar surface area (TPSA) is 98.7 Å². The van der Waals surface area contributed by atoms with Crippen LogP contribution in [0.25, 0.3) is 10.8 Å². The number of amides is 3. The van der Waals surface area contributed by atoms with Gasteiger partial charge in [0.15, 0.2) is 0 Å². The number of hydrogen-bond donors (Lipinski definition) is 3. The predicted octanol–water partition coefficient (Wildman–Crippen LogP) is 6.05. The Hall–Kier alpha value is -3.87. The fraction of sp³-hybridized carbons (Fsp3) is 0.367. The van der Waals surface area contributed by atoms with Crippen molar-refractivity contribution in [3.63, 3.8) is 0 Å². The molecule has 1 saturated carbocycles. The molecular formula is C30H35N3O4. The number of fused-ring (bicyclic) bond motifs is 1. The summed E-state index contributed by atoms with van der Waals surface area (Å²) >= 11 is 0. The molecule has 0 bridgehead atoms. The van der Waals surface area contributed by atoms with Crippen molar-refractivity contribution in [1.82, 2.24) is 10.2 Å². The van der Waals surface area contributed by atoms with Crippen LogP contribution in [0.3, 0.4) is 0 Å². The molecule has 1 atom stereocenters. The Labute approximate surface area is 217 Å². The lowest BCUT2D eigenvalue weighted by Gasteiger charge is -2.37. The normalized spacial score (nSPS) is 14.6. The monoisotopic (exact) mass is 501 g/mol. The summed E-state index contributed by atoms with van der Waals surface area (Å²) in [5.41, 5.74) is 2.15. The van der Waals surface area contributed by atoms with Crippen LogP contribution < -0.4 is 10.6 Å². The van der Waals surface area contributed by atoms with Crippen LogP contribution in [0.2, 0.25) is 0 Å². The molecule has 1 aliphatic carbocycles. The first kappa shape index (κ1) is 26.2. The van der Waals surface area contributed by atoms with Gasteiger partial charge in [-0.1, -0.05) is 61.7 Å². The smallest absolute Gasteiger partial charge is 0.322 e. The van der Waals surface area contributed by atoms with Gasteiger partial charge in [0.25, 0.3) is 5.91 Å². The molecule has 1 aliphatic rings. The van der Waals surface area contributed by atoms with Crippen LogP contribution in [0.4, 0.5) is 10.5 Å². The molecule has 3 aromatic carbocycles. The molecule has 3 N–H and O–H groups in total. The maximum absolute atomic E-state index is 13.6. The summed E-state index contributed by atoms with van der Waals surface area (Å²) in [7, 11) is 0. The molecule has 3 amide bonds. The van der Waals surface area contributed by atoms with Crippen molar-refractivity contribution in [2.75, 3.05) is 11.9 Å². The van der Waals surface area contributed by atoms with E-state index in [0.29, 0.717) is 18.0 Å². The van der Waals surface area contributed by atoms with Crippen molar-refractivity contribution in [2.45, 2.75) is 58.0 Å². The van der Waals surface area contributed by atoms with Crippen LogP contribution in [0.1, 0.15) is 61.4 Å². The molecular weight excluding hydrogens is 466 g/mol. The zero-order valence-electron chi connectivity index (χ0n) is 21.3. The van der Waals surface area contributed by atoms with Gasteiger partial charge in [-0.3, -0.25) is 9.59 Å². The van der Waals surface area contributed by atoms with Crippen molar-refractivity contribution in [1.29, 1.82) is 0 Å². The summed E-state index contributed by atoms with van der Waals surface area (Å²) in [6.45, 7) is 2.65. The van der Waals surface area contributed by atoms with E-state index in [1.807, 2.05) is 53.4 Å². The van der Waals surface area contributed by atoms with Gasteiger partial charge in [-0.25, -0.2) is 4.79 Å². The molecule has 4 rings (SSSR count). The van der Waals surface area contributed by atoms with Crippen molar-refractivity contribution < 1.29 is 19.5 Å². The summed E-state index contributed by atoms with van der Waals surface area (Å²) < 4.78 is 0. The number of carboxylic acid groups (broad SMARTS) is 1. The number of carbonyl (C=O) groups excluding carboxylic acids is 2. The van der Waals surface area contributed by atoms with Crippen LogP contribution in [0.5, 0.6) is 0 Å². The van der Waals surface area contributed by atoms with E-state index in [1.165, 1.54) is 19.3 Å². The van der Waals surface area contributed by atoms with Gasteiger partial charge in [-0.05, 0) is 66.3 Å². The fourth-order valence-electron chi connectivity index (χ4n) is 5.08. The average Bonchev–Trinajstić information content (AvgIpc) is 2.91. The van der Waals surface area contributed by atoms with Crippen molar-refractivity contribution >= 4 is 34.4 Å². The lowest BCUT2D eigenvalue weighted by atomic mass is 9.84. The maximum atomic E-state index is 13.6. The second-order valence-electron chi connectivity index (χ2n) is 9.86. The first-order valence-corrected chi connectivity index (χ1v) is 13.1. The Balaban J connectivity index is 1.48. The molecule has 3 aromatic rings. The first-order valence-electron chi connectivity index (χ1n) is 13.1. The van der Waals surface area contributed by atoms with E-state index < -0.39 is 5.97 Å². The summed E-state index contributed by atoms with van der Waals surface area (Å²) in [6, 6.07) is 21.1. The van der Waals surface area contributed by atoms with Crippen LogP contribution in [-0.2, 0) is 11.3 Å². The summed E-state index contributed by atoms with van der Waals surface area (Å²) in [6.07, 6.45) is 5.76. The molecule has 0 saturated heterocycles. The van der Waals surface area contributed by atoms with E-state index in [2.05, 4.69) is 23.6 Å². The third kappa shape index (κ3) is 7.09. The molecule has 0 radical (unpaired) electrons. The highest BCUT2D eigenvalue weighted by atomic mass is 16.4. The highest BCUT2D eigenvalue weighted by molar-refractivity contribution is 5.95. The minimum Gasteiger partial charge on any atom is -0.481 e. The fourth-order valence-corrected chi connectivity index (χ4v) is 5.08. The zero-order valence-corrected chi connectivity index (χ0v) is 21.3. The summed E-state index contributed by atoms with van der Waals surface area (Å²) in [4.78, 5) is 38.5. The van der Waals surface area contributed by atoms with E-state index in [-0.39, 0.29) is 30.9 Å². The van der Waals surface area contributed by atoms with E-state index in [1.54, 1.807) is 12.1 Å². The number of nitrogens with one attached hydrogen (secondary N) is 2. The van der Waals surface area contributed by atoms with E-state index in [4.69, 9.17) is 5.11 Å². The van der Waals surface area contributed by atoms with Gasteiger partial charge in [0.2, 0.25) is 0 Å². The van der Waals surface area contributed by atoms with Crippen LogP contribution in [0.15, 0.2) is 66.7 Å². The minimum atomic E-state index is -0.954. The number of nitrogens with zero attached hydrogens (tertiary/aromatic N) is 1. The Morgan fingerprint density at radius 2 is 1.65 bits per heavy atom. The van der Waals surface area contributed by atoms with Crippen LogP contribution in [-0.4, -0.2) is 40.5 Å². The van der Waals surface area contributed by atoms with Gasteiger partial charge in [0.1, 0.15) is 0 Å². The Bertz CT molecular complexity index is 1240. The summed E-state index contributed by atoms with van der Waals surface area (Å²) in [5.74, 6) is -0.811. The van der Waals surface area contributed by atoms with Gasteiger partial charge in [0, 0.05) is 30.4 Å². The maximum Gasteiger partial charge on any atom is 0.322 e. The third-order valence-electron chi connectivity index (χ3n) is 7.28. The molecule has 0 aromatic heterocycles. The highest BCUT2D eigenvalue weighted by Crippen LogP contribution is 2.30. The minimum absolute atomic E-state index is 0.0692. The quantitative estimate of drug-likeness (QED) is 0.332. The van der Waals surface area contributed by atoms with Gasteiger partial charge >= 0.3 is 12.0 Å².